The number of thioether (sulfide) groups is 8. The molecule has 119 heavy (non-hydrogen) atoms. The molecule has 0 aliphatic carbocycles. The van der Waals surface area contributed by atoms with Gasteiger partial charge >= 0.3 is 17.9 Å². The number of aliphatic hydroxyl groups is 1. The van der Waals surface area contributed by atoms with Crippen LogP contribution in [0.3, 0.4) is 0 Å². The molecule has 49 heteroatoms. The largest absolute Gasteiger partial charge is 0.463 e. The number of nitrogens with one attached hydrogen (secondary N) is 1. The van der Waals surface area contributed by atoms with Crippen molar-refractivity contribution in [3.05, 3.63) is 159 Å². The predicted molar refractivity (Wildman–Crippen MR) is 476 cm³/mol. The van der Waals surface area contributed by atoms with Crippen molar-refractivity contribution in [3.8, 4) is 0 Å². The Balaban J connectivity index is 0.000000284. The first-order valence-electron chi connectivity index (χ1n) is 33.5. The van der Waals surface area contributed by atoms with E-state index in [-0.39, 0.29) is 46.7 Å². The van der Waals surface area contributed by atoms with E-state index in [2.05, 4.69) is 110 Å². The van der Waals surface area contributed by atoms with Gasteiger partial charge in [0.25, 0.3) is 0 Å². The van der Waals surface area contributed by atoms with Crippen molar-refractivity contribution < 1.29 is 44.1 Å². The minimum Gasteiger partial charge on any atom is -0.463 e. The minimum absolute atomic E-state index is 0. The van der Waals surface area contributed by atoms with Gasteiger partial charge in [0.15, 0.2) is 64.5 Å². The summed E-state index contributed by atoms with van der Waals surface area (Å²) in [6.07, 6.45) is 34.0. The fourth-order valence-corrected chi connectivity index (χ4v) is 11.4. The molecule has 13 aromatic heterocycles. The Labute approximate surface area is 728 Å². The molecule has 38 nitrogen and oxygen atoms in total. The molecular weight excluding hydrogens is 1750 g/mol. The number of aldehydes is 1. The van der Waals surface area contributed by atoms with Crippen LogP contribution in [-0.2, 0) is 36.4 Å². The monoisotopic (exact) mass is 1830 g/mol. The number of fused-ring (bicyclic) bond motifs is 4. The highest BCUT2D eigenvalue weighted by Gasteiger charge is 2.16. The second-order valence-electron chi connectivity index (χ2n) is 21.3. The van der Waals surface area contributed by atoms with Crippen LogP contribution in [0.2, 0.25) is 10.3 Å². The van der Waals surface area contributed by atoms with Gasteiger partial charge in [-0.2, -0.15) is 0 Å². The number of nitrogen functional groups attached to an aromatic ring is 6. The zero-order valence-corrected chi connectivity index (χ0v) is 74.1. The van der Waals surface area contributed by atoms with Gasteiger partial charge in [-0.15, -0.1) is 0 Å². The van der Waals surface area contributed by atoms with Crippen molar-refractivity contribution in [1.29, 1.82) is 0 Å². The number of aromatic amines is 1. The zero-order valence-electron chi connectivity index (χ0n) is 65.3. The predicted octanol–water partition coefficient (Wildman–Crippen LogP) is 10.6. The zero-order chi connectivity index (χ0) is 87.5. The maximum absolute atomic E-state index is 11.3. The summed E-state index contributed by atoms with van der Waals surface area (Å²) >= 11 is 22.9. The molecule has 0 amide bonds. The summed E-state index contributed by atoms with van der Waals surface area (Å²) in [7, 11) is -1.19. The summed E-state index contributed by atoms with van der Waals surface area (Å²) in [4.78, 5) is 142. The summed E-state index contributed by atoms with van der Waals surface area (Å²) in [5.74, 6) is 0.579. The summed E-state index contributed by atoms with van der Waals surface area (Å²) in [6, 6.07) is 13.8. The van der Waals surface area contributed by atoms with Crippen molar-refractivity contribution in [3.63, 3.8) is 0 Å². The van der Waals surface area contributed by atoms with E-state index in [1.807, 2.05) is 62.2 Å². The Bertz CT molecular complexity index is 5530. The van der Waals surface area contributed by atoms with Gasteiger partial charge in [0.1, 0.15) is 62.0 Å². The van der Waals surface area contributed by atoms with Crippen molar-refractivity contribution in [2.45, 2.75) is 73.8 Å². The van der Waals surface area contributed by atoms with E-state index in [0.29, 0.717) is 135 Å². The number of ether oxygens (including phenoxy) is 3. The van der Waals surface area contributed by atoms with Crippen LogP contribution in [0.1, 0.15) is 64.4 Å². The molecule has 628 valence electrons. The lowest BCUT2D eigenvalue weighted by molar-refractivity contribution is -0.137. The van der Waals surface area contributed by atoms with Crippen LogP contribution in [0.4, 0.5) is 34.9 Å². The van der Waals surface area contributed by atoms with E-state index in [1.165, 1.54) is 143 Å². The quantitative estimate of drug-likeness (QED) is 0.00578. The van der Waals surface area contributed by atoms with E-state index >= 15 is 0 Å². The van der Waals surface area contributed by atoms with Gasteiger partial charge in [-0.3, -0.25) is 13.8 Å². The number of carbonyl (C=O) groups excluding carboxylic acids is 4. The van der Waals surface area contributed by atoms with Crippen LogP contribution >= 0.6 is 117 Å². The summed E-state index contributed by atoms with van der Waals surface area (Å²) < 4.78 is 25.4. The highest BCUT2D eigenvalue weighted by molar-refractivity contribution is 7.99. The molecule has 1 unspecified atom stereocenters. The first-order valence-corrected chi connectivity index (χ1v) is 45.6. The van der Waals surface area contributed by atoms with Gasteiger partial charge in [0.2, 0.25) is 10.7 Å². The SMILES string of the molecule is CCOC(=O)/C=C/c1cnc(SC)nc1N.CCOC(=O)c1cnc(SC)nc1Cl.CCOC(=O)c1cnc(SC)nc1N.CS(=O)c1ncc2ccc(N)nc2n1.CSc1ncc(C=O)c(N)n1.CSc1ncc(CO)c(N)n1.CSc1ncc2ccc(=O)[nH]c2n1.CSc1ncc2ccc(Cl)nc2n1.CSc1ncc2ccc(N)nc2n1.[HH]. The van der Waals surface area contributed by atoms with Crippen molar-refractivity contribution in [2.75, 3.05) is 111 Å². The van der Waals surface area contributed by atoms with Gasteiger partial charge in [-0.25, -0.2) is 119 Å². The van der Waals surface area contributed by atoms with E-state index in [4.69, 9.17) is 76.9 Å². The second kappa shape index (κ2) is 52.9. The molecule has 13 heterocycles. The number of halogens is 2. The van der Waals surface area contributed by atoms with Crippen LogP contribution in [0.15, 0.2) is 162 Å². The average molecular weight is 1830 g/mol. The number of carbonyl (C=O) groups is 4. The van der Waals surface area contributed by atoms with Crippen molar-refractivity contribution >= 4 is 237 Å². The Hall–Kier alpha value is -10.7. The summed E-state index contributed by atoms with van der Waals surface area (Å²) in [6.45, 7) is 6.05. The molecule has 0 saturated carbocycles. The van der Waals surface area contributed by atoms with Crippen LogP contribution in [-0.4, -0.2) is 219 Å². The third-order valence-electron chi connectivity index (χ3n) is 13.5. The number of esters is 3. The fraction of sp³-hybridized carbons (Fsp3) is 0.229. The number of rotatable bonds is 18. The molecule has 0 bridgehead atoms. The lowest BCUT2D eigenvalue weighted by Gasteiger charge is -2.04. The van der Waals surface area contributed by atoms with E-state index in [0.717, 1.165) is 21.5 Å². The van der Waals surface area contributed by atoms with Gasteiger partial charge in [-0.05, 0) is 119 Å². The Morgan fingerprint density at radius 2 is 0.849 bits per heavy atom. The Kier molecular flexibility index (Phi) is 44.0. The van der Waals surface area contributed by atoms with Crippen LogP contribution in [0.25, 0.3) is 50.2 Å². The summed E-state index contributed by atoms with van der Waals surface area (Å²) in [5, 5.41) is 18.0. The molecule has 1 atom stereocenters. The van der Waals surface area contributed by atoms with Crippen LogP contribution < -0.4 is 40.0 Å². The highest BCUT2D eigenvalue weighted by atomic mass is 35.5. The van der Waals surface area contributed by atoms with Gasteiger partial charge < -0.3 is 58.7 Å². The van der Waals surface area contributed by atoms with Gasteiger partial charge in [-0.1, -0.05) is 117 Å². The number of nitrogens with zero attached hydrogens (tertiary/aromatic N) is 21. The molecular formula is C70H80Cl2N28O10S9. The number of anilines is 6. The molecule has 0 saturated heterocycles. The van der Waals surface area contributed by atoms with Crippen LogP contribution in [0, 0.1) is 0 Å². The maximum atomic E-state index is 11.3. The normalized spacial score (nSPS) is 10.5. The second-order valence-corrected chi connectivity index (χ2v) is 29.5. The molecule has 0 aliphatic rings. The Morgan fingerprint density at radius 1 is 0.454 bits per heavy atom. The smallest absolute Gasteiger partial charge is 0.343 e. The first-order chi connectivity index (χ1) is 57.1. The number of H-pyrrole nitrogens is 1. The molecule has 13 aromatic rings. The molecule has 0 aliphatic heterocycles. The average Bonchev–Trinajstić information content (AvgIpc) is 0.800. The number of hydrogen-bond donors (Lipinski definition) is 8. The minimum atomic E-state index is -1.19. The lowest BCUT2D eigenvalue weighted by Crippen LogP contribution is -2.10. The molecule has 0 spiro atoms. The molecule has 0 aromatic carbocycles. The fourth-order valence-electron chi connectivity index (χ4n) is 7.84. The lowest BCUT2D eigenvalue weighted by atomic mass is 10.3. The molecule has 14 N–H and O–H groups in total. The number of aromatic nitrogens is 22. The number of nitrogens with two attached hydrogens (primary N) is 6. The molecule has 0 fully saturated rings. The number of aliphatic hydroxyl groups excluding tert-OH is 1. The van der Waals surface area contributed by atoms with Crippen molar-refractivity contribution in [2.24, 2.45) is 0 Å². The third-order valence-corrected chi connectivity index (χ3v) is 19.2. The summed E-state index contributed by atoms with van der Waals surface area (Å²) in [5.41, 5.74) is 37.3. The van der Waals surface area contributed by atoms with E-state index in [9.17, 15) is 28.2 Å². The van der Waals surface area contributed by atoms with Gasteiger partial charge in [0.05, 0.1) is 42.8 Å². The molecule has 13 rings (SSSR count). The van der Waals surface area contributed by atoms with Crippen molar-refractivity contribution in [1.82, 2.24) is 110 Å². The third kappa shape index (κ3) is 33.5. The van der Waals surface area contributed by atoms with E-state index < -0.39 is 28.7 Å². The van der Waals surface area contributed by atoms with Gasteiger partial charge in [0, 0.05) is 108 Å². The molecule has 0 radical (unpaired) electrons. The topological polar surface area (TPSA) is 593 Å². The van der Waals surface area contributed by atoms with Crippen LogP contribution in [0.5, 0.6) is 0 Å². The van der Waals surface area contributed by atoms with E-state index in [1.54, 1.807) is 82.1 Å². The maximum Gasteiger partial charge on any atom is 0.343 e. The highest BCUT2D eigenvalue weighted by Crippen LogP contribution is 2.22. The Morgan fingerprint density at radius 3 is 1.31 bits per heavy atom. The first kappa shape index (κ1) is 98.8. The number of hydrogen-bond acceptors (Lipinski definition) is 45. The number of pyridine rings is 4. The standard InChI is InChI=1S/C10H13N3O2S.C8H6ClN3S.C8H9ClN2O2S.C8H8N4OS.C8H8N4S.C8H11N3O2S.C8H7N3OS.C6H9N3OS.C6H7N3OS.H2/c1-3-15-8(14)5-4-7-6-12-10(16-2)13-9(7)11;1-13-8-10-4-5-2-3-6(9)11-7(5)12-8;1-3-13-7(12)5-4-10-8(14-2)11-6(5)9;1-14(13)8-10-4-5-2-3-6(9)11-7(5)12-8;1-13-8-10-4-5-2-3-6(9)11-7(5)12-8;1-3-13-7(12)5-4-10-8(14-2)11-6(5)9;1-13-8-9-4-5-2-3-6(12)10-7(5)11-8;2*1-11-6-8-2-4(3-10)5(7)9-6;/h4-6H,3H2,1-2H3,(H2,11,12,13);2-4H,1H3;4H,3H2,1-2H3;2-4H,1H3,(H2,9,10,11,12);2-4H,1H3,(H2,9,10,11,12);4H,3H2,1-2H3,(H2,9,10,11);2-4H,1H3,(H,9,10,11,12);2,10H,3H2,1H3,(H2,7,8,9);2-3H,1H3,(H2,7,8,9);1H/b5-4+;;;;;;;;;.